The third-order valence-electron chi connectivity index (χ3n) is 11.0. The van der Waals surface area contributed by atoms with E-state index in [0.29, 0.717) is 43.4 Å². The van der Waals surface area contributed by atoms with Gasteiger partial charge < -0.3 is 48.3 Å². The fraction of sp³-hybridized carbons (Fsp3) is 0.467. The third kappa shape index (κ3) is 10.2. The Labute approximate surface area is 354 Å². The molecule has 1 N–H and O–H groups in total. The number of carbonyl (C=O) groups is 6. The van der Waals surface area contributed by atoms with E-state index in [1.54, 1.807) is 4.90 Å². The van der Waals surface area contributed by atoms with E-state index in [1.165, 1.54) is 30.9 Å². The smallest absolute Gasteiger partial charge is 0.410 e. The van der Waals surface area contributed by atoms with Gasteiger partial charge in [0.1, 0.15) is 19.0 Å². The molecule has 16 nitrogen and oxygen atoms in total. The first kappa shape index (κ1) is 44.7. The van der Waals surface area contributed by atoms with Gasteiger partial charge in [-0.05, 0) is 78.9 Å². The lowest BCUT2D eigenvalue weighted by molar-refractivity contribution is -0.178. The second-order valence-corrected chi connectivity index (χ2v) is 15.1. The number of alkyl carbamates (subject to hydrolysis) is 1. The summed E-state index contributed by atoms with van der Waals surface area (Å²) in [5, 5.41) is 5.87. The van der Waals surface area contributed by atoms with Crippen LogP contribution in [0.4, 0.5) is 9.59 Å². The number of hydrogen-bond donors (Lipinski definition) is 1. The lowest BCUT2D eigenvalue weighted by Crippen LogP contribution is -2.53. The van der Waals surface area contributed by atoms with E-state index in [-0.39, 0.29) is 70.4 Å². The SMILES string of the molecule is C=CCOC(=O)NCCCN(CCCOCc1c2c(c(OC(C)=O)c3cc4ccccc4cc13)C[C@@](OC(=O)[C@@H]1O[C@H]3CN(CC)C(=O)[C@@H]1O3)(C(C)=O)CC2)C(=O)OCC=C. The van der Waals surface area contributed by atoms with Crippen LogP contribution in [0.15, 0.2) is 61.7 Å². The highest BCUT2D eigenvalue weighted by molar-refractivity contribution is 6.05. The summed E-state index contributed by atoms with van der Waals surface area (Å²) in [4.78, 5) is 81.1. The maximum Gasteiger partial charge on any atom is 0.410 e. The summed E-state index contributed by atoms with van der Waals surface area (Å²) in [6.07, 6.45) is -0.356. The van der Waals surface area contributed by atoms with Gasteiger partial charge in [0.2, 0.25) is 0 Å². The second-order valence-electron chi connectivity index (χ2n) is 15.1. The van der Waals surface area contributed by atoms with Crippen LogP contribution in [-0.4, -0.2) is 122 Å². The van der Waals surface area contributed by atoms with Crippen LogP contribution in [0.2, 0.25) is 0 Å². The lowest BCUT2D eigenvalue weighted by Gasteiger charge is -2.38. The molecule has 2 bridgehead atoms. The number of esters is 2. The molecule has 0 spiro atoms. The van der Waals surface area contributed by atoms with E-state index in [1.807, 2.05) is 43.3 Å². The summed E-state index contributed by atoms with van der Waals surface area (Å²) in [7, 11) is 0. The Morgan fingerprint density at radius 1 is 0.967 bits per heavy atom. The van der Waals surface area contributed by atoms with Crippen molar-refractivity contribution in [3.05, 3.63) is 78.4 Å². The van der Waals surface area contributed by atoms with E-state index in [4.69, 9.17) is 33.2 Å². The van der Waals surface area contributed by atoms with Crippen LogP contribution in [0, 0.1) is 0 Å². The minimum Gasteiger partial charge on any atom is -0.449 e. The van der Waals surface area contributed by atoms with Crippen molar-refractivity contribution in [3.63, 3.8) is 0 Å². The molecule has 16 heteroatoms. The van der Waals surface area contributed by atoms with E-state index in [2.05, 4.69) is 18.5 Å². The predicted octanol–water partition coefficient (Wildman–Crippen LogP) is 5.08. The molecule has 61 heavy (non-hydrogen) atoms. The van der Waals surface area contributed by atoms with Crippen LogP contribution in [0.5, 0.6) is 5.75 Å². The van der Waals surface area contributed by atoms with Gasteiger partial charge in [0.15, 0.2) is 29.9 Å². The van der Waals surface area contributed by atoms with Crippen molar-refractivity contribution in [3.8, 4) is 5.75 Å². The highest BCUT2D eigenvalue weighted by Gasteiger charge is 2.54. The third-order valence-corrected chi connectivity index (χ3v) is 11.0. The topological polar surface area (TPSA) is 186 Å². The molecule has 2 fully saturated rings. The predicted molar refractivity (Wildman–Crippen MR) is 222 cm³/mol. The molecule has 4 atom stereocenters. The average molecular weight is 844 g/mol. The molecule has 2 aliphatic heterocycles. The van der Waals surface area contributed by atoms with Gasteiger partial charge >= 0.3 is 24.1 Å². The van der Waals surface area contributed by atoms with E-state index in [0.717, 1.165) is 27.3 Å². The molecule has 3 amide bonds. The summed E-state index contributed by atoms with van der Waals surface area (Å²) >= 11 is 0. The van der Waals surface area contributed by atoms with E-state index in [9.17, 15) is 28.8 Å². The van der Waals surface area contributed by atoms with Gasteiger partial charge in [0.05, 0.1) is 13.2 Å². The van der Waals surface area contributed by atoms with Gasteiger partial charge in [-0.1, -0.05) is 49.6 Å². The highest BCUT2D eigenvalue weighted by atomic mass is 16.8. The van der Waals surface area contributed by atoms with Crippen LogP contribution in [0.25, 0.3) is 21.5 Å². The Hall–Kier alpha value is -5.84. The normalized spacial score (nSPS) is 20.4. The Kier molecular flexibility index (Phi) is 14.8. The van der Waals surface area contributed by atoms with Crippen LogP contribution >= 0.6 is 0 Å². The summed E-state index contributed by atoms with van der Waals surface area (Å²) in [5.41, 5.74) is 0.476. The molecular formula is C45H53N3O13. The molecule has 0 aromatic heterocycles. The Morgan fingerprint density at radius 3 is 2.36 bits per heavy atom. The van der Waals surface area contributed by atoms with E-state index >= 15 is 0 Å². The van der Waals surface area contributed by atoms with Gasteiger partial charge in [-0.3, -0.25) is 14.4 Å². The zero-order chi connectivity index (χ0) is 43.7. The average Bonchev–Trinajstić information content (AvgIpc) is 3.62. The number of fused-ring (bicyclic) bond motifs is 5. The summed E-state index contributed by atoms with van der Waals surface area (Å²) in [5.74, 6) is -2.00. The molecule has 2 saturated heterocycles. The number of carbonyl (C=O) groups excluding carboxylic acids is 6. The number of rotatable bonds is 19. The number of nitrogens with one attached hydrogen (secondary N) is 1. The Bertz CT molecular complexity index is 2190. The van der Waals surface area contributed by atoms with Crippen molar-refractivity contribution in [1.82, 2.24) is 15.1 Å². The number of benzene rings is 3. The first-order chi connectivity index (χ1) is 29.4. The largest absolute Gasteiger partial charge is 0.449 e. The van der Waals surface area contributed by atoms with Crippen molar-refractivity contribution in [1.29, 1.82) is 0 Å². The monoisotopic (exact) mass is 843 g/mol. The number of likely N-dealkylation sites (N-methyl/N-ethyl adjacent to an activating group) is 1. The quantitative estimate of drug-likeness (QED) is 0.0421. The summed E-state index contributed by atoms with van der Waals surface area (Å²) in [6, 6.07) is 11.7. The molecule has 0 saturated carbocycles. The zero-order valence-electron chi connectivity index (χ0n) is 34.9. The number of hydrogen-bond acceptors (Lipinski definition) is 13. The van der Waals surface area contributed by atoms with Gasteiger partial charge in [-0.15, -0.1) is 0 Å². The van der Waals surface area contributed by atoms with Crippen LogP contribution in [0.1, 0.15) is 56.7 Å². The number of morpholine rings is 1. The number of Topliss-reactive ketones (excluding diaryl/α,β-unsaturated/α-hetero) is 1. The number of ether oxygens (including phenoxy) is 7. The fourth-order valence-corrected chi connectivity index (χ4v) is 8.03. The molecule has 6 rings (SSSR count). The molecule has 3 aliphatic rings. The van der Waals surface area contributed by atoms with Gasteiger partial charge in [0.25, 0.3) is 5.91 Å². The maximum absolute atomic E-state index is 13.9. The minimum absolute atomic E-state index is 0.0411. The first-order valence-corrected chi connectivity index (χ1v) is 20.5. The molecule has 1 aliphatic carbocycles. The standard InChI is InChI=1S/C45H53N3O13/c1-6-20-56-43(53)46-17-11-18-48(44(54)57-21-7-2)19-12-22-55-27-36-32-15-16-45(28(4)49,61-42(52)40-39-41(51)47(8-3)26-37(59-39)60-40)25-35(32)38(58-29(5)50)34-24-31-14-10-9-13-30(31)23-33(34)36/h6-7,9-10,13-14,23-24,37,39-40H,1-2,8,11-12,15-22,25-27H2,3-5H3,(H,46,53)/t37-,39+,40+,45+/m0/s1. The number of ketones is 1. The van der Waals surface area contributed by atoms with Crippen molar-refractivity contribution in [2.24, 2.45) is 0 Å². The molecule has 2 heterocycles. The van der Waals surface area contributed by atoms with Gasteiger partial charge in [0, 0.05) is 57.1 Å². The second kappa shape index (κ2) is 20.1. The first-order valence-electron chi connectivity index (χ1n) is 20.5. The minimum atomic E-state index is -1.67. The van der Waals surface area contributed by atoms with Crippen molar-refractivity contribution >= 4 is 57.4 Å². The Balaban J connectivity index is 1.25. The number of nitrogens with zero attached hydrogens (tertiary/aromatic N) is 2. The molecule has 0 radical (unpaired) electrons. The van der Waals surface area contributed by atoms with Gasteiger partial charge in [-0.25, -0.2) is 14.4 Å². The van der Waals surface area contributed by atoms with Crippen LogP contribution in [-0.2, 0) is 67.0 Å². The van der Waals surface area contributed by atoms with Crippen molar-refractivity contribution in [2.75, 3.05) is 52.5 Å². The van der Waals surface area contributed by atoms with Crippen molar-refractivity contribution < 1.29 is 61.9 Å². The van der Waals surface area contributed by atoms with Gasteiger partial charge in [-0.2, -0.15) is 0 Å². The lowest BCUT2D eigenvalue weighted by atomic mass is 9.74. The Morgan fingerprint density at radius 2 is 1.67 bits per heavy atom. The highest BCUT2D eigenvalue weighted by Crippen LogP contribution is 2.46. The van der Waals surface area contributed by atoms with E-state index < -0.39 is 54.0 Å². The van der Waals surface area contributed by atoms with Crippen molar-refractivity contribution in [2.45, 2.75) is 83.6 Å². The molecule has 0 unspecified atom stereocenters. The molecule has 3 aromatic carbocycles. The zero-order valence-corrected chi connectivity index (χ0v) is 34.9. The number of amides is 3. The van der Waals surface area contributed by atoms with Crippen LogP contribution < -0.4 is 10.1 Å². The molecular weight excluding hydrogens is 791 g/mol. The molecule has 3 aromatic rings. The fourth-order valence-electron chi connectivity index (χ4n) is 8.03. The summed E-state index contributed by atoms with van der Waals surface area (Å²) < 4.78 is 40.2. The maximum atomic E-state index is 13.9. The van der Waals surface area contributed by atoms with Crippen LogP contribution in [0.3, 0.4) is 0 Å². The molecule has 326 valence electrons. The summed E-state index contributed by atoms with van der Waals surface area (Å²) in [6.45, 7) is 13.6.